The summed E-state index contributed by atoms with van der Waals surface area (Å²) < 4.78 is 0. The normalized spacial score (nSPS) is 27.6. The molecule has 0 heterocycles. The van der Waals surface area contributed by atoms with Gasteiger partial charge >= 0.3 is 0 Å². The third kappa shape index (κ3) is 5.64. The van der Waals surface area contributed by atoms with E-state index in [-0.39, 0.29) is 0 Å². The first kappa shape index (κ1) is 15.0. The van der Waals surface area contributed by atoms with Gasteiger partial charge in [0.2, 0.25) is 0 Å². The molecule has 2 aliphatic rings. The molecule has 110 valence electrons. The van der Waals surface area contributed by atoms with Gasteiger partial charge in [0.1, 0.15) is 0 Å². The molecule has 2 saturated carbocycles. The predicted molar refractivity (Wildman–Crippen MR) is 86.0 cm³/mol. The molecular formula is C15H29N3S. The summed E-state index contributed by atoms with van der Waals surface area (Å²) in [7, 11) is 0. The van der Waals surface area contributed by atoms with Gasteiger partial charge in [0.25, 0.3) is 0 Å². The minimum Gasteiger partial charge on any atom is -0.357 e. The van der Waals surface area contributed by atoms with Gasteiger partial charge in [0, 0.05) is 24.4 Å². The molecule has 0 aliphatic heterocycles. The number of guanidine groups is 1. The molecule has 2 aliphatic carbocycles. The van der Waals surface area contributed by atoms with E-state index in [9.17, 15) is 0 Å². The quantitative estimate of drug-likeness (QED) is 0.557. The molecule has 2 fully saturated rings. The van der Waals surface area contributed by atoms with Crippen LogP contribution in [0.1, 0.15) is 52.4 Å². The van der Waals surface area contributed by atoms with Gasteiger partial charge in [-0.15, -0.1) is 0 Å². The Bertz CT molecular complexity index is 289. The van der Waals surface area contributed by atoms with E-state index in [0.717, 1.165) is 30.2 Å². The van der Waals surface area contributed by atoms with Gasteiger partial charge in [0.15, 0.2) is 5.96 Å². The van der Waals surface area contributed by atoms with Crippen LogP contribution < -0.4 is 10.6 Å². The van der Waals surface area contributed by atoms with Crippen molar-refractivity contribution < 1.29 is 0 Å². The molecule has 0 aromatic rings. The Kier molecular flexibility index (Phi) is 6.35. The summed E-state index contributed by atoms with van der Waals surface area (Å²) in [5.74, 6) is 3.26. The van der Waals surface area contributed by atoms with Crippen LogP contribution in [0.4, 0.5) is 0 Å². The molecule has 2 unspecified atom stereocenters. The number of aliphatic imine (C=N–C) groups is 1. The number of nitrogens with one attached hydrogen (secondary N) is 2. The molecule has 0 bridgehead atoms. The van der Waals surface area contributed by atoms with Gasteiger partial charge in [-0.25, -0.2) is 0 Å². The predicted octanol–water partition coefficient (Wildman–Crippen LogP) is 3.02. The van der Waals surface area contributed by atoms with Crippen molar-refractivity contribution >= 4 is 17.7 Å². The molecule has 2 N–H and O–H groups in total. The summed E-state index contributed by atoms with van der Waals surface area (Å²) in [6.45, 7) is 6.34. The molecule has 0 spiro atoms. The van der Waals surface area contributed by atoms with Crippen molar-refractivity contribution in [2.24, 2.45) is 10.9 Å². The zero-order valence-electron chi connectivity index (χ0n) is 12.5. The average molecular weight is 283 g/mol. The van der Waals surface area contributed by atoms with Crippen molar-refractivity contribution in [3.63, 3.8) is 0 Å². The number of thioether (sulfide) groups is 1. The Balaban J connectivity index is 1.72. The largest absolute Gasteiger partial charge is 0.357 e. The summed E-state index contributed by atoms with van der Waals surface area (Å²) in [6, 6.07) is 0.628. The van der Waals surface area contributed by atoms with Crippen LogP contribution in [0.25, 0.3) is 0 Å². The van der Waals surface area contributed by atoms with Crippen LogP contribution in [0.5, 0.6) is 0 Å². The molecule has 0 radical (unpaired) electrons. The molecule has 0 amide bonds. The van der Waals surface area contributed by atoms with E-state index < -0.39 is 0 Å². The standard InChI is InChI=1S/C15H29N3S/c1-3-16-15(17-10-9-12-5-6-12)18-13-7-8-14(11-13)19-4-2/h12-14H,3-11H2,1-2H3,(H2,16,17,18). The van der Waals surface area contributed by atoms with Crippen LogP contribution >= 0.6 is 11.8 Å². The highest BCUT2D eigenvalue weighted by Gasteiger charge is 2.25. The van der Waals surface area contributed by atoms with Crippen LogP contribution in [0.3, 0.4) is 0 Å². The van der Waals surface area contributed by atoms with Gasteiger partial charge in [-0.3, -0.25) is 4.99 Å². The van der Waals surface area contributed by atoms with Crippen molar-refractivity contribution in [2.45, 2.75) is 63.7 Å². The fraction of sp³-hybridized carbons (Fsp3) is 0.933. The Morgan fingerprint density at radius 3 is 2.74 bits per heavy atom. The SMILES string of the molecule is CCNC(=NCCC1CC1)NC1CCC(SCC)C1. The minimum absolute atomic E-state index is 0.628. The first-order chi connectivity index (χ1) is 9.31. The molecule has 0 saturated heterocycles. The zero-order valence-corrected chi connectivity index (χ0v) is 13.3. The summed E-state index contributed by atoms with van der Waals surface area (Å²) in [4.78, 5) is 4.72. The summed E-state index contributed by atoms with van der Waals surface area (Å²) >= 11 is 2.11. The van der Waals surface area contributed by atoms with E-state index in [4.69, 9.17) is 4.99 Å². The summed E-state index contributed by atoms with van der Waals surface area (Å²) in [5, 5.41) is 7.87. The summed E-state index contributed by atoms with van der Waals surface area (Å²) in [6.07, 6.45) is 8.08. The molecule has 3 nitrogen and oxygen atoms in total. The number of nitrogens with zero attached hydrogens (tertiary/aromatic N) is 1. The van der Waals surface area contributed by atoms with Gasteiger partial charge in [0.05, 0.1) is 0 Å². The van der Waals surface area contributed by atoms with Crippen molar-refractivity contribution in [3.05, 3.63) is 0 Å². The topological polar surface area (TPSA) is 36.4 Å². The van der Waals surface area contributed by atoms with Gasteiger partial charge in [-0.2, -0.15) is 11.8 Å². The van der Waals surface area contributed by atoms with Gasteiger partial charge < -0.3 is 10.6 Å². The molecule has 2 rings (SSSR count). The average Bonchev–Trinajstić information content (AvgIpc) is 3.11. The molecular weight excluding hydrogens is 254 g/mol. The monoisotopic (exact) mass is 283 g/mol. The molecule has 2 atom stereocenters. The molecule has 19 heavy (non-hydrogen) atoms. The highest BCUT2D eigenvalue weighted by atomic mass is 32.2. The molecule has 0 aromatic carbocycles. The summed E-state index contributed by atoms with van der Waals surface area (Å²) in [5.41, 5.74) is 0. The van der Waals surface area contributed by atoms with E-state index in [2.05, 4.69) is 36.2 Å². The van der Waals surface area contributed by atoms with E-state index in [1.807, 2.05) is 0 Å². The Labute approximate surface area is 122 Å². The van der Waals surface area contributed by atoms with E-state index >= 15 is 0 Å². The highest BCUT2D eigenvalue weighted by Crippen LogP contribution is 2.32. The maximum Gasteiger partial charge on any atom is 0.191 e. The Hall–Kier alpha value is -0.380. The highest BCUT2D eigenvalue weighted by molar-refractivity contribution is 7.99. The third-order valence-electron chi connectivity index (χ3n) is 3.98. The minimum atomic E-state index is 0.628. The lowest BCUT2D eigenvalue weighted by Crippen LogP contribution is -2.42. The maximum atomic E-state index is 4.72. The Morgan fingerprint density at radius 2 is 2.05 bits per heavy atom. The fourth-order valence-corrected chi connectivity index (χ4v) is 3.88. The van der Waals surface area contributed by atoms with Crippen LogP contribution in [0.15, 0.2) is 4.99 Å². The fourth-order valence-electron chi connectivity index (χ4n) is 2.74. The number of hydrogen-bond donors (Lipinski definition) is 2. The second-order valence-corrected chi connectivity index (χ2v) is 7.30. The Morgan fingerprint density at radius 1 is 1.21 bits per heavy atom. The van der Waals surface area contributed by atoms with Gasteiger partial charge in [-0.1, -0.05) is 19.8 Å². The van der Waals surface area contributed by atoms with Crippen molar-refractivity contribution in [3.8, 4) is 0 Å². The smallest absolute Gasteiger partial charge is 0.191 e. The van der Waals surface area contributed by atoms with Crippen LogP contribution in [-0.4, -0.2) is 36.1 Å². The second kappa shape index (κ2) is 8.03. The number of rotatable bonds is 7. The van der Waals surface area contributed by atoms with E-state index in [1.54, 1.807) is 0 Å². The van der Waals surface area contributed by atoms with Gasteiger partial charge in [-0.05, 0) is 44.3 Å². The van der Waals surface area contributed by atoms with Crippen LogP contribution in [-0.2, 0) is 0 Å². The zero-order chi connectivity index (χ0) is 13.5. The third-order valence-corrected chi connectivity index (χ3v) is 5.21. The first-order valence-corrected chi connectivity index (χ1v) is 9.03. The molecule has 4 heteroatoms. The lowest BCUT2D eigenvalue weighted by molar-refractivity contribution is 0.612. The van der Waals surface area contributed by atoms with Crippen LogP contribution in [0.2, 0.25) is 0 Å². The van der Waals surface area contributed by atoms with E-state index in [1.165, 1.54) is 44.3 Å². The maximum absolute atomic E-state index is 4.72. The van der Waals surface area contributed by atoms with Crippen molar-refractivity contribution in [1.82, 2.24) is 10.6 Å². The van der Waals surface area contributed by atoms with Crippen LogP contribution in [0, 0.1) is 5.92 Å². The van der Waals surface area contributed by atoms with Crippen molar-refractivity contribution in [2.75, 3.05) is 18.8 Å². The first-order valence-electron chi connectivity index (χ1n) is 7.98. The lowest BCUT2D eigenvalue weighted by atomic mass is 10.2. The number of hydrogen-bond acceptors (Lipinski definition) is 2. The second-order valence-electron chi connectivity index (χ2n) is 5.72. The lowest BCUT2D eigenvalue weighted by Gasteiger charge is -2.17. The van der Waals surface area contributed by atoms with Crippen molar-refractivity contribution in [1.29, 1.82) is 0 Å². The van der Waals surface area contributed by atoms with E-state index in [0.29, 0.717) is 6.04 Å². The molecule has 0 aromatic heterocycles.